The van der Waals surface area contributed by atoms with Crippen LogP contribution in [0.1, 0.15) is 5.56 Å². The van der Waals surface area contributed by atoms with E-state index in [9.17, 15) is 9.59 Å². The van der Waals surface area contributed by atoms with Crippen molar-refractivity contribution < 1.29 is 14.3 Å². The first-order valence-corrected chi connectivity index (χ1v) is 6.24. The molecule has 0 atom stereocenters. The monoisotopic (exact) mass is 314 g/mol. The molecule has 1 rings (SSSR count). The second-order valence-corrected chi connectivity index (χ2v) is 4.48. The van der Waals surface area contributed by atoms with E-state index in [1.54, 1.807) is 0 Å². The molecule has 18 heavy (non-hydrogen) atoms. The van der Waals surface area contributed by atoms with Crippen LogP contribution >= 0.6 is 15.9 Å². The zero-order chi connectivity index (χ0) is 13.4. The fraction of sp³-hybridized carbons (Fsp3) is 0.333. The second-order valence-electron chi connectivity index (χ2n) is 3.57. The largest absolute Gasteiger partial charge is 0.468 e. The first-order valence-electron chi connectivity index (χ1n) is 5.45. The molecule has 0 spiro atoms. The van der Waals surface area contributed by atoms with E-state index in [-0.39, 0.29) is 12.6 Å². The zero-order valence-corrected chi connectivity index (χ0v) is 11.6. The molecule has 0 unspecified atom stereocenters. The minimum Gasteiger partial charge on any atom is -0.468 e. The van der Waals surface area contributed by atoms with Gasteiger partial charge in [0.1, 0.15) is 6.54 Å². The third-order valence-electron chi connectivity index (χ3n) is 2.21. The zero-order valence-electron chi connectivity index (χ0n) is 10.0. The molecule has 2 N–H and O–H groups in total. The Morgan fingerprint density at radius 2 is 2.11 bits per heavy atom. The molecule has 0 radical (unpaired) electrons. The molecule has 1 aromatic rings. The van der Waals surface area contributed by atoms with Crippen molar-refractivity contribution in [1.29, 1.82) is 0 Å². The van der Waals surface area contributed by atoms with E-state index in [1.807, 2.05) is 24.3 Å². The molecule has 0 aliphatic heterocycles. The number of urea groups is 1. The topological polar surface area (TPSA) is 67.4 Å². The van der Waals surface area contributed by atoms with Gasteiger partial charge in [0, 0.05) is 11.0 Å². The average Bonchev–Trinajstić information content (AvgIpc) is 2.36. The van der Waals surface area contributed by atoms with Crippen LogP contribution in [-0.2, 0) is 16.0 Å². The quantitative estimate of drug-likeness (QED) is 0.809. The minimum absolute atomic E-state index is 0.126. The summed E-state index contributed by atoms with van der Waals surface area (Å²) in [6, 6.07) is 7.49. The van der Waals surface area contributed by atoms with E-state index in [4.69, 9.17) is 0 Å². The van der Waals surface area contributed by atoms with E-state index in [1.165, 1.54) is 7.11 Å². The summed E-state index contributed by atoms with van der Waals surface area (Å²) in [4.78, 5) is 22.1. The van der Waals surface area contributed by atoms with Gasteiger partial charge in [-0.1, -0.05) is 28.1 Å². The van der Waals surface area contributed by atoms with Gasteiger partial charge in [-0.05, 0) is 24.1 Å². The molecule has 0 saturated heterocycles. The molecule has 5 nitrogen and oxygen atoms in total. The van der Waals surface area contributed by atoms with Gasteiger partial charge >= 0.3 is 12.0 Å². The van der Waals surface area contributed by atoms with Crippen LogP contribution < -0.4 is 10.6 Å². The molecule has 0 saturated carbocycles. The van der Waals surface area contributed by atoms with Crippen molar-refractivity contribution >= 4 is 27.9 Å². The van der Waals surface area contributed by atoms with Gasteiger partial charge in [-0.25, -0.2) is 4.79 Å². The van der Waals surface area contributed by atoms with Crippen LogP contribution in [-0.4, -0.2) is 32.2 Å². The van der Waals surface area contributed by atoms with Crippen LogP contribution in [0.5, 0.6) is 0 Å². The maximum atomic E-state index is 11.3. The van der Waals surface area contributed by atoms with Crippen LogP contribution in [0.2, 0.25) is 0 Å². The predicted octanol–water partition coefficient (Wildman–Crippen LogP) is 1.46. The number of esters is 1. The maximum absolute atomic E-state index is 11.3. The Hall–Kier alpha value is -1.56. The van der Waals surface area contributed by atoms with Gasteiger partial charge in [0.25, 0.3) is 0 Å². The number of benzene rings is 1. The molecule has 0 aliphatic carbocycles. The summed E-state index contributed by atoms with van der Waals surface area (Å²) >= 11 is 3.38. The van der Waals surface area contributed by atoms with Crippen LogP contribution in [0.25, 0.3) is 0 Å². The molecule has 6 heteroatoms. The number of rotatable bonds is 5. The van der Waals surface area contributed by atoms with Crippen molar-refractivity contribution in [3.05, 3.63) is 34.3 Å². The van der Waals surface area contributed by atoms with E-state index in [0.29, 0.717) is 6.54 Å². The second kappa shape index (κ2) is 7.71. The Morgan fingerprint density at radius 3 is 2.78 bits per heavy atom. The Bertz CT molecular complexity index is 424. The van der Waals surface area contributed by atoms with Crippen molar-refractivity contribution in [1.82, 2.24) is 10.6 Å². The summed E-state index contributed by atoms with van der Waals surface area (Å²) in [7, 11) is 1.27. The number of carbonyl (C=O) groups excluding carboxylic acids is 2. The number of nitrogens with one attached hydrogen (secondary N) is 2. The van der Waals surface area contributed by atoms with Gasteiger partial charge in [-0.2, -0.15) is 0 Å². The molecular weight excluding hydrogens is 300 g/mol. The molecule has 1 aromatic carbocycles. The standard InChI is InChI=1S/C12H15BrN2O3/c1-18-11(16)8-15-12(17)14-6-5-9-3-2-4-10(13)7-9/h2-4,7H,5-6,8H2,1H3,(H2,14,15,17). The number of carbonyl (C=O) groups is 2. The fourth-order valence-electron chi connectivity index (χ4n) is 1.30. The molecule has 2 amide bonds. The Balaban J connectivity index is 2.21. The van der Waals surface area contributed by atoms with Gasteiger partial charge < -0.3 is 15.4 Å². The lowest BCUT2D eigenvalue weighted by Gasteiger charge is -2.06. The first-order chi connectivity index (χ1) is 8.61. The number of ether oxygens (including phenoxy) is 1. The van der Waals surface area contributed by atoms with Gasteiger partial charge in [0.15, 0.2) is 0 Å². The fourth-order valence-corrected chi connectivity index (χ4v) is 1.75. The van der Waals surface area contributed by atoms with Gasteiger partial charge in [0.05, 0.1) is 7.11 Å². The molecule has 0 aromatic heterocycles. The smallest absolute Gasteiger partial charge is 0.325 e. The number of hydrogen-bond donors (Lipinski definition) is 2. The Kier molecular flexibility index (Phi) is 6.21. The molecule has 98 valence electrons. The summed E-state index contributed by atoms with van der Waals surface area (Å²) in [6.07, 6.45) is 0.727. The minimum atomic E-state index is -0.475. The molecule has 0 heterocycles. The summed E-state index contributed by atoms with van der Waals surface area (Å²) in [5, 5.41) is 5.05. The van der Waals surface area contributed by atoms with Crippen LogP contribution in [0.4, 0.5) is 4.79 Å². The van der Waals surface area contributed by atoms with Gasteiger partial charge in [0.2, 0.25) is 0 Å². The highest BCUT2D eigenvalue weighted by atomic mass is 79.9. The van der Waals surface area contributed by atoms with Crippen molar-refractivity contribution in [2.24, 2.45) is 0 Å². The summed E-state index contributed by atoms with van der Waals surface area (Å²) in [5.41, 5.74) is 1.12. The van der Waals surface area contributed by atoms with Crippen molar-refractivity contribution in [2.75, 3.05) is 20.2 Å². The van der Waals surface area contributed by atoms with Gasteiger partial charge in [-0.3, -0.25) is 4.79 Å². The lowest BCUT2D eigenvalue weighted by Crippen LogP contribution is -2.39. The summed E-state index contributed by atoms with van der Waals surface area (Å²) < 4.78 is 5.41. The number of hydrogen-bond acceptors (Lipinski definition) is 3. The number of amides is 2. The Morgan fingerprint density at radius 1 is 1.33 bits per heavy atom. The number of halogens is 1. The molecular formula is C12H15BrN2O3. The predicted molar refractivity (Wildman–Crippen MR) is 71.3 cm³/mol. The third kappa shape index (κ3) is 5.67. The Labute approximate surface area is 114 Å². The van der Waals surface area contributed by atoms with Crippen LogP contribution in [0.3, 0.4) is 0 Å². The normalized spacial score (nSPS) is 9.67. The highest BCUT2D eigenvalue weighted by Crippen LogP contribution is 2.11. The van der Waals surface area contributed by atoms with Crippen molar-refractivity contribution in [2.45, 2.75) is 6.42 Å². The lowest BCUT2D eigenvalue weighted by molar-refractivity contribution is -0.139. The van der Waals surface area contributed by atoms with E-state index < -0.39 is 5.97 Å². The average molecular weight is 315 g/mol. The summed E-state index contributed by atoms with van der Waals surface area (Å²) in [6.45, 7) is 0.378. The number of methoxy groups -OCH3 is 1. The lowest BCUT2D eigenvalue weighted by atomic mass is 10.1. The van der Waals surface area contributed by atoms with E-state index in [2.05, 4.69) is 31.3 Å². The van der Waals surface area contributed by atoms with Gasteiger partial charge in [-0.15, -0.1) is 0 Å². The van der Waals surface area contributed by atoms with Crippen molar-refractivity contribution in [3.8, 4) is 0 Å². The summed E-state index contributed by atoms with van der Waals surface area (Å²) in [5.74, 6) is -0.475. The molecule has 0 aliphatic rings. The first kappa shape index (κ1) is 14.5. The van der Waals surface area contributed by atoms with E-state index >= 15 is 0 Å². The van der Waals surface area contributed by atoms with Crippen LogP contribution in [0, 0.1) is 0 Å². The highest BCUT2D eigenvalue weighted by molar-refractivity contribution is 9.10. The maximum Gasteiger partial charge on any atom is 0.325 e. The van der Waals surface area contributed by atoms with E-state index in [0.717, 1.165) is 16.5 Å². The molecule has 0 fully saturated rings. The SMILES string of the molecule is COC(=O)CNC(=O)NCCc1cccc(Br)c1. The van der Waals surface area contributed by atoms with Crippen molar-refractivity contribution in [3.63, 3.8) is 0 Å². The molecule has 0 bridgehead atoms. The highest BCUT2D eigenvalue weighted by Gasteiger charge is 2.03. The third-order valence-corrected chi connectivity index (χ3v) is 2.70. The van der Waals surface area contributed by atoms with Crippen LogP contribution in [0.15, 0.2) is 28.7 Å².